The fourth-order valence-corrected chi connectivity index (χ4v) is 3.82. The minimum Gasteiger partial charge on any atom is -0.436 e. The predicted octanol–water partition coefficient (Wildman–Crippen LogP) is 5.84. The molecule has 0 fully saturated rings. The SMILES string of the molecule is Cc1ccc2nc(-c3cn[nH]c3-c3ccc(NC(=O)C(C)c4ccc([N+](=O)[O-])cc4)cc3)oc2c1. The van der Waals surface area contributed by atoms with Crippen LogP contribution in [-0.4, -0.2) is 26.0 Å². The predicted molar refractivity (Wildman–Crippen MR) is 132 cm³/mol. The lowest BCUT2D eigenvalue weighted by Gasteiger charge is -2.13. The van der Waals surface area contributed by atoms with Gasteiger partial charge >= 0.3 is 0 Å². The number of aryl methyl sites for hydroxylation is 1. The van der Waals surface area contributed by atoms with Crippen LogP contribution in [-0.2, 0) is 4.79 Å². The number of aromatic amines is 1. The highest BCUT2D eigenvalue weighted by atomic mass is 16.6. The Morgan fingerprint density at radius 1 is 1.09 bits per heavy atom. The summed E-state index contributed by atoms with van der Waals surface area (Å²) in [5.41, 5.74) is 6.25. The summed E-state index contributed by atoms with van der Waals surface area (Å²) in [6.45, 7) is 3.75. The molecule has 35 heavy (non-hydrogen) atoms. The highest BCUT2D eigenvalue weighted by Gasteiger charge is 2.18. The molecule has 5 aromatic rings. The maximum atomic E-state index is 12.7. The summed E-state index contributed by atoms with van der Waals surface area (Å²) >= 11 is 0. The number of H-pyrrole nitrogens is 1. The Morgan fingerprint density at radius 3 is 2.54 bits per heavy atom. The number of amides is 1. The first-order chi connectivity index (χ1) is 16.9. The number of oxazole rings is 1. The molecule has 0 aliphatic carbocycles. The average molecular weight is 467 g/mol. The van der Waals surface area contributed by atoms with Gasteiger partial charge < -0.3 is 9.73 Å². The summed E-state index contributed by atoms with van der Waals surface area (Å²) in [6.07, 6.45) is 1.68. The van der Waals surface area contributed by atoms with Gasteiger partial charge in [-0.1, -0.05) is 30.3 Å². The molecule has 2 N–H and O–H groups in total. The molecule has 0 bridgehead atoms. The van der Waals surface area contributed by atoms with E-state index in [1.807, 2.05) is 37.3 Å². The number of nitro groups is 1. The summed E-state index contributed by atoms with van der Waals surface area (Å²) < 4.78 is 5.96. The fourth-order valence-electron chi connectivity index (χ4n) is 3.82. The van der Waals surface area contributed by atoms with E-state index >= 15 is 0 Å². The maximum Gasteiger partial charge on any atom is 0.269 e. The van der Waals surface area contributed by atoms with Gasteiger partial charge in [-0.15, -0.1) is 0 Å². The molecule has 0 aliphatic rings. The third kappa shape index (κ3) is 4.39. The van der Waals surface area contributed by atoms with Gasteiger partial charge in [-0.05, 0) is 49.2 Å². The van der Waals surface area contributed by atoms with Gasteiger partial charge in [-0.25, -0.2) is 4.98 Å². The highest BCUT2D eigenvalue weighted by Crippen LogP contribution is 2.32. The first-order valence-corrected chi connectivity index (χ1v) is 11.0. The lowest BCUT2D eigenvalue weighted by atomic mass is 10.00. The van der Waals surface area contributed by atoms with Crippen molar-refractivity contribution in [3.05, 3.63) is 94.2 Å². The van der Waals surface area contributed by atoms with Crippen LogP contribution in [0.1, 0.15) is 24.0 Å². The third-order valence-corrected chi connectivity index (χ3v) is 5.85. The van der Waals surface area contributed by atoms with Crippen molar-refractivity contribution in [2.45, 2.75) is 19.8 Å². The lowest BCUT2D eigenvalue weighted by molar-refractivity contribution is -0.384. The van der Waals surface area contributed by atoms with Gasteiger partial charge in [0, 0.05) is 23.4 Å². The molecule has 2 aromatic heterocycles. The molecule has 0 saturated carbocycles. The second kappa shape index (κ2) is 8.86. The number of hydrogen-bond donors (Lipinski definition) is 2. The monoisotopic (exact) mass is 467 g/mol. The zero-order valence-electron chi connectivity index (χ0n) is 19.0. The number of aromatic nitrogens is 3. The normalized spacial score (nSPS) is 11.9. The summed E-state index contributed by atoms with van der Waals surface area (Å²) in [7, 11) is 0. The van der Waals surface area contributed by atoms with Crippen LogP contribution in [0.15, 0.2) is 77.3 Å². The first-order valence-electron chi connectivity index (χ1n) is 11.0. The molecule has 1 amide bonds. The Morgan fingerprint density at radius 2 is 1.83 bits per heavy atom. The molecule has 0 aliphatic heterocycles. The third-order valence-electron chi connectivity index (χ3n) is 5.85. The molecular weight excluding hydrogens is 446 g/mol. The minimum atomic E-state index is -0.475. The first kappa shape index (κ1) is 22.0. The summed E-state index contributed by atoms with van der Waals surface area (Å²) in [5.74, 6) is -0.211. The Balaban J connectivity index is 1.32. The number of carbonyl (C=O) groups excluding carboxylic acids is 1. The highest BCUT2D eigenvalue weighted by molar-refractivity contribution is 5.96. The van der Waals surface area contributed by atoms with Crippen molar-refractivity contribution >= 4 is 28.4 Å². The van der Waals surface area contributed by atoms with E-state index in [0.717, 1.165) is 27.9 Å². The van der Waals surface area contributed by atoms with Gasteiger partial charge in [0.05, 0.1) is 28.3 Å². The van der Waals surface area contributed by atoms with Crippen molar-refractivity contribution in [1.29, 1.82) is 0 Å². The van der Waals surface area contributed by atoms with Crippen LogP contribution >= 0.6 is 0 Å². The van der Waals surface area contributed by atoms with Crippen molar-refractivity contribution in [3.8, 4) is 22.7 Å². The maximum absolute atomic E-state index is 12.7. The molecule has 0 spiro atoms. The molecule has 5 rings (SSSR count). The van der Waals surface area contributed by atoms with Gasteiger partial charge in [-0.3, -0.25) is 20.0 Å². The van der Waals surface area contributed by atoms with E-state index in [1.54, 1.807) is 37.4 Å². The van der Waals surface area contributed by atoms with E-state index in [9.17, 15) is 14.9 Å². The van der Waals surface area contributed by atoms with Crippen LogP contribution in [0.5, 0.6) is 0 Å². The molecule has 9 heteroatoms. The Labute approximate surface area is 200 Å². The van der Waals surface area contributed by atoms with Crippen molar-refractivity contribution in [3.63, 3.8) is 0 Å². The molecule has 0 saturated heterocycles. The fraction of sp³-hybridized carbons (Fsp3) is 0.115. The van der Waals surface area contributed by atoms with E-state index in [0.29, 0.717) is 22.7 Å². The largest absolute Gasteiger partial charge is 0.436 e. The van der Waals surface area contributed by atoms with Crippen molar-refractivity contribution < 1.29 is 14.1 Å². The van der Waals surface area contributed by atoms with Crippen molar-refractivity contribution in [1.82, 2.24) is 15.2 Å². The quantitative estimate of drug-likeness (QED) is 0.238. The van der Waals surface area contributed by atoms with Crippen LogP contribution in [0.3, 0.4) is 0 Å². The Bertz CT molecular complexity index is 1530. The topological polar surface area (TPSA) is 127 Å². The van der Waals surface area contributed by atoms with Crippen LogP contribution in [0.25, 0.3) is 33.8 Å². The number of hydrogen-bond acceptors (Lipinski definition) is 6. The van der Waals surface area contributed by atoms with E-state index in [4.69, 9.17) is 4.42 Å². The number of nitrogens with one attached hydrogen (secondary N) is 2. The number of carbonyl (C=O) groups is 1. The second-order valence-corrected chi connectivity index (χ2v) is 8.29. The number of rotatable bonds is 6. The number of non-ortho nitro benzene ring substituents is 1. The van der Waals surface area contributed by atoms with Crippen molar-refractivity contribution in [2.75, 3.05) is 5.32 Å². The molecule has 174 valence electrons. The smallest absolute Gasteiger partial charge is 0.269 e. The zero-order chi connectivity index (χ0) is 24.5. The molecule has 3 aromatic carbocycles. The van der Waals surface area contributed by atoms with Crippen molar-refractivity contribution in [2.24, 2.45) is 0 Å². The molecule has 0 radical (unpaired) electrons. The number of fused-ring (bicyclic) bond motifs is 1. The summed E-state index contributed by atoms with van der Waals surface area (Å²) in [6, 6.07) is 19.2. The van der Waals surface area contributed by atoms with E-state index in [2.05, 4.69) is 20.5 Å². The van der Waals surface area contributed by atoms with Gasteiger partial charge in [0.1, 0.15) is 5.52 Å². The number of benzene rings is 3. The van der Waals surface area contributed by atoms with E-state index < -0.39 is 10.8 Å². The van der Waals surface area contributed by atoms with Gasteiger partial charge in [0.2, 0.25) is 11.8 Å². The lowest BCUT2D eigenvalue weighted by Crippen LogP contribution is -2.18. The van der Waals surface area contributed by atoms with E-state index in [1.165, 1.54) is 12.1 Å². The number of nitrogens with zero attached hydrogens (tertiary/aromatic N) is 3. The molecule has 1 atom stereocenters. The summed E-state index contributed by atoms with van der Waals surface area (Å²) in [4.78, 5) is 27.7. The molecular formula is C26H21N5O4. The average Bonchev–Trinajstić information content (AvgIpc) is 3.51. The van der Waals surface area contributed by atoms with Gasteiger partial charge in [0.25, 0.3) is 5.69 Å². The van der Waals surface area contributed by atoms with Gasteiger partial charge in [-0.2, -0.15) is 5.10 Å². The number of anilines is 1. The molecule has 1 unspecified atom stereocenters. The zero-order valence-corrected chi connectivity index (χ0v) is 19.0. The Kier molecular flexibility index (Phi) is 5.58. The van der Waals surface area contributed by atoms with Crippen LogP contribution in [0.2, 0.25) is 0 Å². The standard InChI is InChI=1S/C26H21N5O4/c1-15-3-12-22-23(13-15)35-26(29-22)21-14-27-30-24(21)18-4-8-19(9-5-18)28-25(32)16(2)17-6-10-20(11-7-17)31(33)34/h3-14,16H,1-2H3,(H,27,30)(H,28,32). The van der Waals surface area contributed by atoms with Gasteiger partial charge in [0.15, 0.2) is 5.58 Å². The van der Waals surface area contributed by atoms with Crippen LogP contribution < -0.4 is 5.32 Å². The van der Waals surface area contributed by atoms with E-state index in [-0.39, 0.29) is 11.6 Å². The second-order valence-electron chi connectivity index (χ2n) is 8.29. The van der Waals surface area contributed by atoms with Crippen LogP contribution in [0.4, 0.5) is 11.4 Å². The minimum absolute atomic E-state index is 0.0110. The number of nitro benzene ring substituents is 1. The molecule has 2 heterocycles. The molecule has 9 nitrogen and oxygen atoms in total. The Hall–Kier alpha value is -4.79. The summed E-state index contributed by atoms with van der Waals surface area (Å²) in [5, 5.41) is 20.9. The van der Waals surface area contributed by atoms with Crippen LogP contribution in [0, 0.1) is 17.0 Å².